The molecule has 34 heavy (non-hydrogen) atoms. The van der Waals surface area contributed by atoms with Gasteiger partial charge in [0.05, 0.1) is 6.21 Å². The lowest BCUT2D eigenvalue weighted by Crippen LogP contribution is -2.32. The van der Waals surface area contributed by atoms with Crippen molar-refractivity contribution in [1.29, 1.82) is 0 Å². The van der Waals surface area contributed by atoms with Crippen LogP contribution in [0.5, 0.6) is 5.75 Å². The number of hydrogen-bond donors (Lipinski definition) is 3. The molecule has 3 aromatic carbocycles. The molecule has 0 heterocycles. The topological polar surface area (TPSA) is 109 Å². The molecule has 0 fully saturated rings. The van der Waals surface area contributed by atoms with Gasteiger partial charge in [0.2, 0.25) is 0 Å². The number of benzene rings is 3. The number of anilines is 2. The average Bonchev–Trinajstić information content (AvgIpc) is 2.84. The highest BCUT2D eigenvalue weighted by atomic mass is 35.5. The highest BCUT2D eigenvalue weighted by Gasteiger charge is 2.14. The van der Waals surface area contributed by atoms with Gasteiger partial charge in [-0.05, 0) is 66.1 Å². The van der Waals surface area contributed by atoms with Gasteiger partial charge in [-0.1, -0.05) is 42.8 Å². The molecular weight excluding hydrogens is 456 g/mol. The molecule has 0 bridgehead atoms. The van der Waals surface area contributed by atoms with Gasteiger partial charge in [-0.25, -0.2) is 5.43 Å². The van der Waals surface area contributed by atoms with Gasteiger partial charge < -0.3 is 15.4 Å². The lowest BCUT2D eigenvalue weighted by atomic mass is 10.1. The number of aryl methyl sites for hydroxylation is 1. The monoisotopic (exact) mass is 478 g/mol. The van der Waals surface area contributed by atoms with E-state index in [1.807, 2.05) is 19.1 Å². The Bertz CT molecular complexity index is 1200. The Kier molecular flexibility index (Phi) is 8.76. The zero-order chi connectivity index (χ0) is 24.3. The first kappa shape index (κ1) is 24.5. The molecule has 0 radical (unpaired) electrons. The smallest absolute Gasteiger partial charge is 0.329 e. The predicted octanol–water partition coefficient (Wildman–Crippen LogP) is 4.01. The number of amides is 3. The van der Waals surface area contributed by atoms with Gasteiger partial charge >= 0.3 is 11.8 Å². The number of para-hydroxylation sites is 1. The quantitative estimate of drug-likeness (QED) is 0.258. The molecule has 0 aliphatic carbocycles. The second kappa shape index (κ2) is 12.2. The zero-order valence-corrected chi connectivity index (χ0v) is 19.1. The van der Waals surface area contributed by atoms with E-state index in [-0.39, 0.29) is 12.5 Å². The van der Waals surface area contributed by atoms with E-state index >= 15 is 0 Å². The molecule has 3 aromatic rings. The molecule has 0 saturated heterocycles. The summed E-state index contributed by atoms with van der Waals surface area (Å²) in [4.78, 5) is 36.1. The van der Waals surface area contributed by atoms with E-state index < -0.39 is 11.8 Å². The maximum atomic E-state index is 12.1. The Morgan fingerprint density at radius 3 is 2.44 bits per heavy atom. The minimum atomic E-state index is -0.882. The second-order valence-corrected chi connectivity index (χ2v) is 7.52. The molecule has 0 saturated carbocycles. The summed E-state index contributed by atoms with van der Waals surface area (Å²) in [7, 11) is 0. The molecular formula is C25H23ClN4O4. The van der Waals surface area contributed by atoms with Gasteiger partial charge in [-0.15, -0.1) is 0 Å². The Hall–Kier alpha value is -4.17. The van der Waals surface area contributed by atoms with Crippen LogP contribution in [-0.2, 0) is 20.8 Å². The van der Waals surface area contributed by atoms with E-state index in [0.29, 0.717) is 27.7 Å². The summed E-state index contributed by atoms with van der Waals surface area (Å²) in [6.07, 6.45) is 2.11. The molecule has 3 N–H and O–H groups in total. The number of carbonyl (C=O) groups is 3. The molecule has 0 aliphatic rings. The number of hydrogen-bond acceptors (Lipinski definition) is 5. The van der Waals surface area contributed by atoms with Crippen molar-refractivity contribution < 1.29 is 19.1 Å². The summed E-state index contributed by atoms with van der Waals surface area (Å²) in [5.41, 5.74) is 4.95. The first-order valence-electron chi connectivity index (χ1n) is 10.4. The fourth-order valence-electron chi connectivity index (χ4n) is 2.91. The van der Waals surface area contributed by atoms with Crippen LogP contribution in [-0.4, -0.2) is 30.5 Å². The molecule has 3 rings (SSSR count). The predicted molar refractivity (Wildman–Crippen MR) is 132 cm³/mol. The average molecular weight is 479 g/mol. The molecule has 174 valence electrons. The first-order valence-corrected chi connectivity index (χ1v) is 10.8. The van der Waals surface area contributed by atoms with Crippen LogP contribution in [0, 0.1) is 0 Å². The van der Waals surface area contributed by atoms with E-state index in [1.165, 1.54) is 6.21 Å². The van der Waals surface area contributed by atoms with Crippen LogP contribution in [0.4, 0.5) is 11.4 Å². The van der Waals surface area contributed by atoms with Gasteiger partial charge in [0.15, 0.2) is 6.61 Å². The standard InChI is InChI=1S/C25H23ClN4O4/c1-2-18-6-3-4-9-22(18)29-24(32)25(33)30-27-15-17-10-12-21(13-11-17)34-16-23(31)28-20-8-5-7-19(26)14-20/h3-15H,2,16H2,1H3,(H,28,31)(H,29,32)(H,30,33)/b27-15-. The lowest BCUT2D eigenvalue weighted by Gasteiger charge is -2.08. The third-order valence-electron chi connectivity index (χ3n) is 4.59. The summed E-state index contributed by atoms with van der Waals surface area (Å²) in [6, 6.07) is 20.8. The number of rotatable bonds is 8. The molecule has 0 spiro atoms. The number of halogens is 1. The van der Waals surface area contributed by atoms with Crippen molar-refractivity contribution in [3.63, 3.8) is 0 Å². The van der Waals surface area contributed by atoms with Crippen molar-refractivity contribution in [2.45, 2.75) is 13.3 Å². The maximum Gasteiger partial charge on any atom is 0.329 e. The zero-order valence-electron chi connectivity index (χ0n) is 18.4. The lowest BCUT2D eigenvalue weighted by molar-refractivity contribution is -0.136. The van der Waals surface area contributed by atoms with E-state index in [2.05, 4.69) is 21.2 Å². The van der Waals surface area contributed by atoms with Gasteiger partial charge in [-0.3, -0.25) is 14.4 Å². The van der Waals surface area contributed by atoms with Crippen molar-refractivity contribution in [2.24, 2.45) is 5.10 Å². The molecule has 3 amide bonds. The van der Waals surface area contributed by atoms with Gasteiger partial charge in [0, 0.05) is 16.4 Å². The summed E-state index contributed by atoms with van der Waals surface area (Å²) in [6.45, 7) is 1.79. The number of hydrazone groups is 1. The number of nitrogens with zero attached hydrogens (tertiary/aromatic N) is 1. The number of ether oxygens (including phenoxy) is 1. The Labute approximate surface area is 202 Å². The van der Waals surface area contributed by atoms with Crippen molar-refractivity contribution in [1.82, 2.24) is 5.43 Å². The van der Waals surface area contributed by atoms with Gasteiger partial charge in [0.25, 0.3) is 5.91 Å². The maximum absolute atomic E-state index is 12.1. The van der Waals surface area contributed by atoms with E-state index in [1.54, 1.807) is 60.7 Å². The van der Waals surface area contributed by atoms with Crippen LogP contribution in [0.3, 0.4) is 0 Å². The normalized spacial score (nSPS) is 10.5. The van der Waals surface area contributed by atoms with Gasteiger partial charge in [-0.2, -0.15) is 5.10 Å². The fraction of sp³-hybridized carbons (Fsp3) is 0.120. The molecule has 0 unspecified atom stereocenters. The second-order valence-electron chi connectivity index (χ2n) is 7.08. The van der Waals surface area contributed by atoms with Crippen molar-refractivity contribution >= 4 is 46.9 Å². The van der Waals surface area contributed by atoms with Crippen LogP contribution < -0.4 is 20.8 Å². The van der Waals surface area contributed by atoms with Crippen molar-refractivity contribution in [3.8, 4) is 5.75 Å². The van der Waals surface area contributed by atoms with Crippen molar-refractivity contribution in [3.05, 3.63) is 88.9 Å². The third-order valence-corrected chi connectivity index (χ3v) is 4.83. The molecule has 0 aliphatic heterocycles. The summed E-state index contributed by atoms with van der Waals surface area (Å²) < 4.78 is 5.46. The first-order chi connectivity index (χ1) is 16.4. The minimum Gasteiger partial charge on any atom is -0.484 e. The fourth-order valence-corrected chi connectivity index (χ4v) is 3.10. The van der Waals surface area contributed by atoms with Crippen LogP contribution >= 0.6 is 11.6 Å². The largest absolute Gasteiger partial charge is 0.484 e. The summed E-state index contributed by atoms with van der Waals surface area (Å²) >= 11 is 5.89. The van der Waals surface area contributed by atoms with Crippen molar-refractivity contribution in [2.75, 3.05) is 17.2 Å². The summed E-state index contributed by atoms with van der Waals surface area (Å²) in [5.74, 6) is -1.53. The van der Waals surface area contributed by atoms with Crippen LogP contribution in [0.25, 0.3) is 0 Å². The SMILES string of the molecule is CCc1ccccc1NC(=O)C(=O)N/N=C\c1ccc(OCC(=O)Nc2cccc(Cl)c2)cc1. The van der Waals surface area contributed by atoms with E-state index in [9.17, 15) is 14.4 Å². The van der Waals surface area contributed by atoms with E-state index in [0.717, 1.165) is 12.0 Å². The highest BCUT2D eigenvalue weighted by Crippen LogP contribution is 2.16. The Balaban J connectivity index is 1.44. The van der Waals surface area contributed by atoms with E-state index in [4.69, 9.17) is 16.3 Å². The number of carbonyl (C=O) groups excluding carboxylic acids is 3. The number of nitrogens with one attached hydrogen (secondary N) is 3. The molecule has 0 aromatic heterocycles. The minimum absolute atomic E-state index is 0.174. The highest BCUT2D eigenvalue weighted by molar-refractivity contribution is 6.39. The van der Waals surface area contributed by atoms with Crippen LogP contribution in [0.1, 0.15) is 18.1 Å². The molecule has 8 nitrogen and oxygen atoms in total. The Morgan fingerprint density at radius 2 is 1.71 bits per heavy atom. The van der Waals surface area contributed by atoms with Crippen LogP contribution in [0.15, 0.2) is 77.9 Å². The van der Waals surface area contributed by atoms with Gasteiger partial charge in [0.1, 0.15) is 5.75 Å². The van der Waals surface area contributed by atoms with Crippen LogP contribution in [0.2, 0.25) is 5.02 Å². The summed E-state index contributed by atoms with van der Waals surface area (Å²) in [5, 5.41) is 9.60. The molecule has 0 atom stereocenters. The molecule has 9 heteroatoms. The Morgan fingerprint density at radius 1 is 0.941 bits per heavy atom. The third kappa shape index (κ3) is 7.46.